The molecule has 2 aromatic carbocycles. The molecule has 3 rings (SSSR count). The molecule has 1 aliphatic rings. The molecular weight excluding hydrogens is 356 g/mol. The number of aromatic hydroxyl groups is 2. The van der Waals surface area contributed by atoms with E-state index < -0.39 is 23.3 Å². The molecule has 8 nitrogen and oxygen atoms in total. The van der Waals surface area contributed by atoms with E-state index in [1.807, 2.05) is 0 Å². The van der Waals surface area contributed by atoms with Gasteiger partial charge in [-0.05, 0) is 18.2 Å². The Labute approximate surface area is 152 Å². The van der Waals surface area contributed by atoms with E-state index in [9.17, 15) is 34.2 Å². The van der Waals surface area contributed by atoms with Gasteiger partial charge in [0.2, 0.25) is 5.78 Å². The van der Waals surface area contributed by atoms with Crippen LogP contribution in [-0.2, 0) is 9.59 Å². The number of rotatable bonds is 2. The largest absolute Gasteiger partial charge is 0.507 e. The second-order valence-electron chi connectivity index (χ2n) is 5.69. The molecule has 0 atom stereocenters. The van der Waals surface area contributed by atoms with Gasteiger partial charge in [-0.2, -0.15) is 0 Å². The van der Waals surface area contributed by atoms with Crippen molar-refractivity contribution in [3.8, 4) is 11.5 Å². The Hall–Kier alpha value is -3.81. The molecule has 0 heterocycles. The number of ketones is 4. The van der Waals surface area contributed by atoms with Crippen LogP contribution in [0, 0.1) is 0 Å². The number of carboxylic acids is 1. The van der Waals surface area contributed by atoms with E-state index in [0.29, 0.717) is 0 Å². The molecule has 138 valence electrons. The van der Waals surface area contributed by atoms with Gasteiger partial charge in [-0.15, -0.1) is 0 Å². The number of carbonyl (C=O) groups excluding carboxylic acids is 4. The highest BCUT2D eigenvalue weighted by atomic mass is 16.4. The van der Waals surface area contributed by atoms with Crippen LogP contribution in [0.3, 0.4) is 0 Å². The average Bonchev–Trinajstić information content (AvgIpc) is 2.59. The number of carboxylic acid groups (broad SMARTS) is 1. The van der Waals surface area contributed by atoms with Crippen LogP contribution in [0.1, 0.15) is 56.0 Å². The Morgan fingerprint density at radius 2 is 1.33 bits per heavy atom. The first-order valence-corrected chi connectivity index (χ1v) is 7.59. The zero-order valence-corrected chi connectivity index (χ0v) is 14.3. The third kappa shape index (κ3) is 3.59. The molecule has 0 bridgehead atoms. The van der Waals surface area contributed by atoms with Gasteiger partial charge in [-0.25, -0.2) is 4.79 Å². The number of hydrogen-bond acceptors (Lipinski definition) is 7. The Kier molecular flexibility index (Phi) is 5.21. The first-order valence-electron chi connectivity index (χ1n) is 7.59. The molecule has 0 aromatic heterocycles. The van der Waals surface area contributed by atoms with Gasteiger partial charge in [0.1, 0.15) is 11.5 Å². The number of phenols is 2. The van der Waals surface area contributed by atoms with Crippen LogP contribution >= 0.6 is 0 Å². The molecule has 0 aliphatic heterocycles. The minimum Gasteiger partial charge on any atom is -0.507 e. The van der Waals surface area contributed by atoms with Crippen molar-refractivity contribution < 1.29 is 39.3 Å². The van der Waals surface area contributed by atoms with Crippen molar-refractivity contribution in [3.05, 3.63) is 58.1 Å². The molecule has 0 spiro atoms. The summed E-state index contributed by atoms with van der Waals surface area (Å²) in [7, 11) is 0. The van der Waals surface area contributed by atoms with E-state index in [-0.39, 0.29) is 45.1 Å². The molecule has 0 saturated heterocycles. The number of benzene rings is 2. The van der Waals surface area contributed by atoms with Crippen LogP contribution in [0.15, 0.2) is 30.3 Å². The van der Waals surface area contributed by atoms with E-state index in [1.165, 1.54) is 32.0 Å². The summed E-state index contributed by atoms with van der Waals surface area (Å²) in [5.74, 6) is -4.38. The summed E-state index contributed by atoms with van der Waals surface area (Å²) in [6.07, 6.45) is 0. The summed E-state index contributed by atoms with van der Waals surface area (Å²) in [6.45, 7) is 2.50. The van der Waals surface area contributed by atoms with Crippen molar-refractivity contribution >= 4 is 29.1 Å². The van der Waals surface area contributed by atoms with Gasteiger partial charge in [0, 0.05) is 25.0 Å². The summed E-state index contributed by atoms with van der Waals surface area (Å²) < 4.78 is 0. The lowest BCUT2D eigenvalue weighted by Gasteiger charge is -2.19. The number of fused-ring (bicyclic) bond motifs is 2. The van der Waals surface area contributed by atoms with Crippen molar-refractivity contribution in [1.29, 1.82) is 0 Å². The normalized spacial score (nSPS) is 11.6. The van der Waals surface area contributed by atoms with E-state index in [4.69, 9.17) is 5.11 Å². The van der Waals surface area contributed by atoms with Crippen LogP contribution in [0.5, 0.6) is 11.5 Å². The van der Waals surface area contributed by atoms with Gasteiger partial charge >= 0.3 is 5.97 Å². The number of carbonyl (C=O) groups is 5. The van der Waals surface area contributed by atoms with Gasteiger partial charge in [-0.3, -0.25) is 19.2 Å². The van der Waals surface area contributed by atoms with Crippen molar-refractivity contribution in [1.82, 2.24) is 0 Å². The maximum Gasteiger partial charge on any atom is 0.335 e. The number of Topliss-reactive ketones (excluding diaryl/α,β-unsaturated/α-hetero) is 2. The summed E-state index contributed by atoms with van der Waals surface area (Å²) in [5.41, 5.74) is -0.978. The summed E-state index contributed by atoms with van der Waals surface area (Å²) >= 11 is 0. The molecule has 2 aromatic rings. The lowest BCUT2D eigenvalue weighted by atomic mass is 9.82. The molecule has 1 aliphatic carbocycles. The summed E-state index contributed by atoms with van der Waals surface area (Å²) in [6, 6.07) is 5.98. The molecular formula is C19H14O8. The van der Waals surface area contributed by atoms with Gasteiger partial charge in [0.25, 0.3) is 0 Å². The fourth-order valence-corrected chi connectivity index (χ4v) is 2.41. The molecule has 8 heteroatoms. The van der Waals surface area contributed by atoms with Crippen molar-refractivity contribution in [2.45, 2.75) is 13.8 Å². The Bertz CT molecular complexity index is 1000. The predicted octanol–water partition coefficient (Wildman–Crippen LogP) is 1.74. The highest BCUT2D eigenvalue weighted by Gasteiger charge is 2.34. The SMILES string of the molecule is CC(=O)C(C)=O.O=C(O)c1cc(O)c2c(c1)C(=O)c1cccc(O)c1C2=O. The molecule has 0 saturated carbocycles. The fraction of sp³-hybridized carbons (Fsp3) is 0.105. The number of aromatic carboxylic acids is 1. The zero-order valence-electron chi connectivity index (χ0n) is 14.3. The smallest absolute Gasteiger partial charge is 0.335 e. The molecule has 3 N–H and O–H groups in total. The van der Waals surface area contributed by atoms with Crippen LogP contribution < -0.4 is 0 Å². The number of phenolic OH excluding ortho intramolecular Hbond substituents is 2. The van der Waals surface area contributed by atoms with Crippen LogP contribution in [0.2, 0.25) is 0 Å². The van der Waals surface area contributed by atoms with Gasteiger partial charge < -0.3 is 15.3 Å². The maximum atomic E-state index is 12.4. The van der Waals surface area contributed by atoms with Crippen molar-refractivity contribution in [2.24, 2.45) is 0 Å². The highest BCUT2D eigenvalue weighted by Crippen LogP contribution is 2.37. The molecule has 0 unspecified atom stereocenters. The van der Waals surface area contributed by atoms with Gasteiger partial charge in [0.15, 0.2) is 17.3 Å². The molecule has 0 radical (unpaired) electrons. The lowest BCUT2D eigenvalue weighted by Crippen LogP contribution is -2.22. The van der Waals surface area contributed by atoms with Gasteiger partial charge in [0.05, 0.1) is 16.7 Å². The highest BCUT2D eigenvalue weighted by molar-refractivity contribution is 6.35. The Morgan fingerprint density at radius 1 is 0.778 bits per heavy atom. The quantitative estimate of drug-likeness (QED) is 0.578. The average molecular weight is 370 g/mol. The van der Waals surface area contributed by atoms with Crippen LogP contribution in [-0.4, -0.2) is 44.4 Å². The second-order valence-corrected chi connectivity index (χ2v) is 5.69. The third-order valence-electron chi connectivity index (χ3n) is 3.85. The van der Waals surface area contributed by atoms with E-state index in [2.05, 4.69) is 0 Å². The Balaban J connectivity index is 0.000000380. The minimum atomic E-state index is -1.32. The van der Waals surface area contributed by atoms with Crippen molar-refractivity contribution in [3.63, 3.8) is 0 Å². The van der Waals surface area contributed by atoms with Crippen molar-refractivity contribution in [2.75, 3.05) is 0 Å². The Morgan fingerprint density at radius 3 is 1.85 bits per heavy atom. The van der Waals surface area contributed by atoms with E-state index in [0.717, 1.165) is 12.1 Å². The third-order valence-corrected chi connectivity index (χ3v) is 3.85. The van der Waals surface area contributed by atoms with Crippen LogP contribution in [0.25, 0.3) is 0 Å². The summed E-state index contributed by atoms with van der Waals surface area (Å²) in [5, 5.41) is 28.6. The number of hydrogen-bond donors (Lipinski definition) is 3. The molecule has 27 heavy (non-hydrogen) atoms. The second kappa shape index (κ2) is 7.20. The lowest BCUT2D eigenvalue weighted by molar-refractivity contribution is -0.134. The molecule has 0 fully saturated rings. The minimum absolute atomic E-state index is 0.0190. The first kappa shape index (κ1) is 19.5. The predicted molar refractivity (Wildman–Crippen MR) is 91.4 cm³/mol. The first-order chi connectivity index (χ1) is 12.6. The summed E-state index contributed by atoms with van der Waals surface area (Å²) in [4.78, 5) is 55.3. The zero-order chi connectivity index (χ0) is 20.5. The monoisotopic (exact) mass is 370 g/mol. The van der Waals surface area contributed by atoms with Crippen LogP contribution in [0.4, 0.5) is 0 Å². The fourth-order valence-electron chi connectivity index (χ4n) is 2.41. The van der Waals surface area contributed by atoms with Gasteiger partial charge in [-0.1, -0.05) is 12.1 Å². The maximum absolute atomic E-state index is 12.4. The molecule has 0 amide bonds. The topological polar surface area (TPSA) is 146 Å². The standard InChI is InChI=1S/C15H8O6.C4H6O2/c16-9-3-1-2-7-11(9)14(19)12-8(13(7)18)4-6(15(20)21)5-10(12)17;1-3(5)4(2)6/h1-5,16-17H,(H,20,21);1-2H3. The van der Waals surface area contributed by atoms with E-state index in [1.54, 1.807) is 0 Å². The van der Waals surface area contributed by atoms with E-state index >= 15 is 0 Å².